The number of aryl methyl sites for hydroxylation is 1. The number of carbonyl (C=O) groups is 2. The maximum atomic E-state index is 13.2. The van der Waals surface area contributed by atoms with E-state index in [4.69, 9.17) is 11.6 Å². The van der Waals surface area contributed by atoms with Gasteiger partial charge in [0.2, 0.25) is 5.91 Å². The molecule has 2 atom stereocenters. The van der Waals surface area contributed by atoms with Crippen LogP contribution in [0, 0.1) is 31.1 Å². The van der Waals surface area contributed by atoms with Crippen molar-refractivity contribution in [1.82, 2.24) is 14.8 Å². The summed E-state index contributed by atoms with van der Waals surface area (Å²) in [5, 5.41) is 12.8. The van der Waals surface area contributed by atoms with Crippen molar-refractivity contribution in [1.29, 1.82) is 5.26 Å². The van der Waals surface area contributed by atoms with Gasteiger partial charge in [0.25, 0.3) is 5.91 Å². The van der Waals surface area contributed by atoms with Crippen LogP contribution in [0.4, 0.5) is 5.69 Å². The molecule has 36 heavy (non-hydrogen) atoms. The lowest BCUT2D eigenvalue weighted by molar-refractivity contribution is -0.141. The monoisotopic (exact) mass is 505 g/mol. The van der Waals surface area contributed by atoms with Gasteiger partial charge in [-0.1, -0.05) is 24.4 Å². The van der Waals surface area contributed by atoms with Crippen molar-refractivity contribution in [2.24, 2.45) is 5.92 Å². The fourth-order valence-electron chi connectivity index (χ4n) is 6.10. The minimum absolute atomic E-state index is 0.231. The Labute approximate surface area is 217 Å². The van der Waals surface area contributed by atoms with Crippen LogP contribution in [0.15, 0.2) is 24.4 Å². The minimum atomic E-state index is -0.326. The van der Waals surface area contributed by atoms with Crippen LogP contribution in [0.25, 0.3) is 0 Å². The molecule has 2 aliphatic heterocycles. The quantitative estimate of drug-likeness (QED) is 0.628. The highest BCUT2D eigenvalue weighted by Gasteiger charge is 2.44. The topological polar surface area (TPSA) is 89.3 Å². The van der Waals surface area contributed by atoms with Crippen LogP contribution in [0.1, 0.15) is 71.3 Å². The largest absolute Gasteiger partial charge is 0.334 e. The zero-order valence-electron chi connectivity index (χ0n) is 20.9. The summed E-state index contributed by atoms with van der Waals surface area (Å²) in [6, 6.07) is 7.93. The first-order valence-electron chi connectivity index (χ1n) is 12.9. The summed E-state index contributed by atoms with van der Waals surface area (Å²) >= 11 is 6.47. The van der Waals surface area contributed by atoms with Crippen molar-refractivity contribution in [2.75, 3.05) is 18.4 Å². The standard InChI is InChI=1S/C28H32ClN5O2/c1-17-22(10-23(29)11-26(17)32-27(35)21-9-20(12-30)18(2)31-13-21)14-33-15-24-7-8-25(16-33)34(24)28(36)19-5-3-4-6-19/h9-11,13,19,24-25H,3-8,14-16H2,1-2H3,(H,32,35). The predicted octanol–water partition coefficient (Wildman–Crippen LogP) is 4.84. The molecule has 188 valence electrons. The molecule has 1 saturated carbocycles. The van der Waals surface area contributed by atoms with E-state index in [1.54, 1.807) is 19.1 Å². The number of fused-ring (bicyclic) bond motifs is 2. The molecule has 2 bridgehead atoms. The number of hydrogen-bond donors (Lipinski definition) is 1. The van der Waals surface area contributed by atoms with Crippen LogP contribution in [0.2, 0.25) is 5.02 Å². The lowest BCUT2D eigenvalue weighted by Crippen LogP contribution is -2.56. The molecule has 2 aromatic rings. The van der Waals surface area contributed by atoms with Crippen molar-refractivity contribution in [3.05, 3.63) is 57.4 Å². The van der Waals surface area contributed by atoms with E-state index in [0.29, 0.717) is 45.5 Å². The third-order valence-corrected chi connectivity index (χ3v) is 8.33. The second-order valence-electron chi connectivity index (χ2n) is 10.5. The number of carbonyl (C=O) groups excluding carboxylic acids is 2. The van der Waals surface area contributed by atoms with Crippen LogP contribution < -0.4 is 5.32 Å². The number of piperazine rings is 1. The van der Waals surface area contributed by atoms with E-state index < -0.39 is 0 Å². The van der Waals surface area contributed by atoms with Gasteiger partial charge in [-0.2, -0.15) is 5.26 Å². The number of hydrogen-bond acceptors (Lipinski definition) is 5. The van der Waals surface area contributed by atoms with E-state index in [1.165, 1.54) is 19.0 Å². The van der Waals surface area contributed by atoms with Gasteiger partial charge in [0.15, 0.2) is 0 Å². The number of pyridine rings is 1. The molecule has 3 fully saturated rings. The Morgan fingerprint density at radius 1 is 1.11 bits per heavy atom. The number of nitrogens with zero attached hydrogens (tertiary/aromatic N) is 4. The first-order valence-corrected chi connectivity index (χ1v) is 13.2. The van der Waals surface area contributed by atoms with Gasteiger partial charge < -0.3 is 10.2 Å². The summed E-state index contributed by atoms with van der Waals surface area (Å²) in [5.41, 5.74) is 3.98. The smallest absolute Gasteiger partial charge is 0.257 e. The second kappa shape index (κ2) is 10.2. The third-order valence-electron chi connectivity index (χ3n) is 8.11. The number of benzene rings is 1. The van der Waals surface area contributed by atoms with Gasteiger partial charge in [-0.3, -0.25) is 19.5 Å². The van der Waals surface area contributed by atoms with Gasteiger partial charge in [-0.15, -0.1) is 0 Å². The molecule has 1 N–H and O–H groups in total. The highest BCUT2D eigenvalue weighted by atomic mass is 35.5. The summed E-state index contributed by atoms with van der Waals surface area (Å²) in [6.45, 7) is 6.19. The molecule has 1 aromatic heterocycles. The summed E-state index contributed by atoms with van der Waals surface area (Å²) in [4.78, 5) is 34.9. The molecular formula is C28H32ClN5O2. The van der Waals surface area contributed by atoms with Crippen molar-refractivity contribution < 1.29 is 9.59 Å². The number of nitriles is 1. The maximum absolute atomic E-state index is 13.2. The van der Waals surface area contributed by atoms with Gasteiger partial charge >= 0.3 is 0 Å². The first kappa shape index (κ1) is 24.7. The van der Waals surface area contributed by atoms with Gasteiger partial charge in [0, 0.05) is 54.5 Å². The van der Waals surface area contributed by atoms with Crippen LogP contribution in [0.5, 0.6) is 0 Å². The summed E-state index contributed by atoms with van der Waals surface area (Å²) in [5.74, 6) is 0.287. The number of halogens is 1. The summed E-state index contributed by atoms with van der Waals surface area (Å²) in [7, 11) is 0. The minimum Gasteiger partial charge on any atom is -0.334 e. The fourth-order valence-corrected chi connectivity index (χ4v) is 6.34. The van der Waals surface area contributed by atoms with Gasteiger partial charge in [0.05, 0.1) is 16.8 Å². The van der Waals surface area contributed by atoms with Crippen molar-refractivity contribution >= 4 is 29.1 Å². The third kappa shape index (κ3) is 4.85. The molecule has 1 aromatic carbocycles. The molecule has 3 aliphatic rings. The van der Waals surface area contributed by atoms with E-state index in [2.05, 4.69) is 26.2 Å². The highest BCUT2D eigenvalue weighted by molar-refractivity contribution is 6.31. The van der Waals surface area contributed by atoms with Crippen molar-refractivity contribution in [3.8, 4) is 6.07 Å². The Balaban J connectivity index is 1.29. The Kier molecular flexibility index (Phi) is 7.00. The van der Waals surface area contributed by atoms with Crippen molar-refractivity contribution in [2.45, 2.75) is 71.0 Å². The lowest BCUT2D eigenvalue weighted by atomic mass is 10.0. The Morgan fingerprint density at radius 3 is 2.47 bits per heavy atom. The van der Waals surface area contributed by atoms with E-state index in [9.17, 15) is 14.9 Å². The van der Waals surface area contributed by atoms with Crippen LogP contribution >= 0.6 is 11.6 Å². The van der Waals surface area contributed by atoms with Crippen LogP contribution in [-0.4, -0.2) is 51.8 Å². The molecule has 8 heteroatoms. The number of anilines is 1. The molecule has 5 rings (SSSR count). The number of aromatic nitrogens is 1. The summed E-state index contributed by atoms with van der Waals surface area (Å²) < 4.78 is 0. The molecule has 0 spiro atoms. The summed E-state index contributed by atoms with van der Waals surface area (Å²) in [6.07, 6.45) is 8.08. The zero-order chi connectivity index (χ0) is 25.4. The second-order valence-corrected chi connectivity index (χ2v) is 10.9. The Bertz CT molecular complexity index is 1220. The first-order chi connectivity index (χ1) is 17.3. The molecule has 1 aliphatic carbocycles. The SMILES string of the molecule is Cc1ncc(C(=O)Nc2cc(Cl)cc(CN3CC4CCC(C3)N4C(=O)C3CCCC3)c2C)cc1C#N. The van der Waals surface area contributed by atoms with Gasteiger partial charge in [-0.05, 0) is 68.9 Å². The highest BCUT2D eigenvalue weighted by Crippen LogP contribution is 2.36. The molecule has 2 saturated heterocycles. The molecular weight excluding hydrogens is 474 g/mol. The molecule has 3 heterocycles. The Hall–Kier alpha value is -2.95. The molecule has 2 unspecified atom stereocenters. The molecule has 7 nitrogen and oxygen atoms in total. The fraction of sp³-hybridized carbons (Fsp3) is 0.500. The maximum Gasteiger partial charge on any atom is 0.257 e. The van der Waals surface area contributed by atoms with E-state index in [1.807, 2.05) is 13.0 Å². The normalized spacial score (nSPS) is 22.0. The van der Waals surface area contributed by atoms with Crippen LogP contribution in [-0.2, 0) is 11.3 Å². The van der Waals surface area contributed by atoms with E-state index >= 15 is 0 Å². The van der Waals surface area contributed by atoms with Gasteiger partial charge in [-0.25, -0.2) is 0 Å². The zero-order valence-corrected chi connectivity index (χ0v) is 21.6. The Morgan fingerprint density at radius 2 is 1.81 bits per heavy atom. The number of amides is 2. The molecule has 0 radical (unpaired) electrons. The van der Waals surface area contributed by atoms with E-state index in [0.717, 1.165) is 56.4 Å². The van der Waals surface area contributed by atoms with Crippen LogP contribution in [0.3, 0.4) is 0 Å². The lowest BCUT2D eigenvalue weighted by Gasteiger charge is -2.42. The van der Waals surface area contributed by atoms with Crippen molar-refractivity contribution in [3.63, 3.8) is 0 Å². The van der Waals surface area contributed by atoms with E-state index in [-0.39, 0.29) is 11.8 Å². The van der Waals surface area contributed by atoms with Gasteiger partial charge in [0.1, 0.15) is 6.07 Å². The molecule has 2 amide bonds. The number of rotatable bonds is 5. The average molecular weight is 506 g/mol. The number of nitrogens with one attached hydrogen (secondary N) is 1. The predicted molar refractivity (Wildman–Crippen MR) is 139 cm³/mol. The average Bonchev–Trinajstić information content (AvgIpc) is 3.48. The number of likely N-dealkylation sites (tertiary alicyclic amines) is 1.